The predicted octanol–water partition coefficient (Wildman–Crippen LogP) is 6.65. The van der Waals surface area contributed by atoms with Gasteiger partial charge in [0.15, 0.2) is 0 Å². The Balaban J connectivity index is 1.22. The highest BCUT2D eigenvalue weighted by atomic mass is 16.2. The van der Waals surface area contributed by atoms with Gasteiger partial charge in [0.05, 0.1) is 17.8 Å². The van der Waals surface area contributed by atoms with E-state index >= 15 is 0 Å². The minimum atomic E-state index is -0.182. The summed E-state index contributed by atoms with van der Waals surface area (Å²) in [4.78, 5) is 33.4. The number of hydrogen-bond donors (Lipinski definition) is 1. The first-order valence-corrected chi connectivity index (χ1v) is 15.7. The van der Waals surface area contributed by atoms with E-state index in [-0.39, 0.29) is 11.6 Å². The third kappa shape index (κ3) is 4.89. The Labute approximate surface area is 249 Å². The van der Waals surface area contributed by atoms with Crippen LogP contribution in [0.5, 0.6) is 0 Å². The lowest BCUT2D eigenvalue weighted by molar-refractivity contribution is 0.144. The first-order valence-electron chi connectivity index (χ1n) is 15.7. The van der Waals surface area contributed by atoms with Gasteiger partial charge in [-0.15, -0.1) is 0 Å². The van der Waals surface area contributed by atoms with Crippen molar-refractivity contribution in [2.45, 2.75) is 70.9 Å². The Morgan fingerprint density at radius 2 is 1.62 bits per heavy atom. The molecule has 1 N–H and O–H groups in total. The number of hydrogen-bond acceptors (Lipinski definition) is 6. The van der Waals surface area contributed by atoms with Gasteiger partial charge in [-0.05, 0) is 81.5 Å². The molecular formula is C34H43N7O. The molecule has 2 bridgehead atoms. The standard InChI is InChI=1S/C34H43N7O/c1-24-7-4-8-25(2)30(24)40-23-27-22-35-32(36-28-11-13-29(14-12-28)39-19-17-38(3)18-20-39)37-31(27)41(33(40)42)34-15-5-9-26(21-34)10-6-16-34/h4,7-8,11-14,22,26H,5-6,9-10,15-21,23H2,1-3H3,(H,35,36,37). The number of nitrogens with one attached hydrogen (secondary N) is 1. The lowest BCUT2D eigenvalue weighted by atomic mass is 9.66. The molecule has 1 aromatic heterocycles. The molecule has 0 radical (unpaired) electrons. The summed E-state index contributed by atoms with van der Waals surface area (Å²) >= 11 is 0. The van der Waals surface area contributed by atoms with E-state index in [0.29, 0.717) is 18.4 Å². The molecule has 0 unspecified atom stereocenters. The van der Waals surface area contributed by atoms with Crippen molar-refractivity contribution >= 4 is 34.9 Å². The van der Waals surface area contributed by atoms with Gasteiger partial charge >= 0.3 is 6.03 Å². The van der Waals surface area contributed by atoms with Gasteiger partial charge < -0.3 is 15.1 Å². The van der Waals surface area contributed by atoms with Gasteiger partial charge in [0.25, 0.3) is 0 Å². The maximum Gasteiger partial charge on any atom is 0.331 e. The molecule has 8 heteroatoms. The highest BCUT2D eigenvalue weighted by Crippen LogP contribution is 2.50. The van der Waals surface area contributed by atoms with Crippen molar-refractivity contribution in [1.29, 1.82) is 0 Å². The number of rotatable bonds is 5. The van der Waals surface area contributed by atoms with Gasteiger partial charge in [0, 0.05) is 49.3 Å². The van der Waals surface area contributed by atoms with Gasteiger partial charge in [-0.1, -0.05) is 43.9 Å². The second kappa shape index (κ2) is 10.9. The van der Waals surface area contributed by atoms with Crippen LogP contribution in [-0.2, 0) is 6.54 Å². The summed E-state index contributed by atoms with van der Waals surface area (Å²) in [5.74, 6) is 2.02. The fraction of sp³-hybridized carbons (Fsp3) is 0.500. The van der Waals surface area contributed by atoms with Crippen molar-refractivity contribution in [3.05, 3.63) is 65.4 Å². The summed E-state index contributed by atoms with van der Waals surface area (Å²) in [5.41, 5.74) is 6.27. The molecule has 2 aromatic carbocycles. The molecule has 4 aliphatic rings. The maximum atomic E-state index is 14.6. The number of urea groups is 1. The molecule has 3 aromatic rings. The average Bonchev–Trinajstić information content (AvgIpc) is 2.98. The van der Waals surface area contributed by atoms with E-state index in [1.807, 2.05) is 11.1 Å². The van der Waals surface area contributed by atoms with Crippen molar-refractivity contribution in [1.82, 2.24) is 14.9 Å². The fourth-order valence-corrected chi connectivity index (χ4v) is 7.96. The molecule has 3 fully saturated rings. The van der Waals surface area contributed by atoms with Gasteiger partial charge in [-0.2, -0.15) is 4.98 Å². The monoisotopic (exact) mass is 565 g/mol. The van der Waals surface area contributed by atoms with Crippen molar-refractivity contribution < 1.29 is 4.79 Å². The van der Waals surface area contributed by atoms with Gasteiger partial charge in [0.1, 0.15) is 5.82 Å². The van der Waals surface area contributed by atoms with E-state index in [0.717, 1.165) is 79.3 Å². The van der Waals surface area contributed by atoms with Gasteiger partial charge in [0.2, 0.25) is 5.95 Å². The second-order valence-electron chi connectivity index (χ2n) is 13.0. The predicted molar refractivity (Wildman–Crippen MR) is 170 cm³/mol. The summed E-state index contributed by atoms with van der Waals surface area (Å²) in [6.45, 7) is 8.94. The number of aryl methyl sites for hydroxylation is 2. The molecule has 0 spiro atoms. The number of para-hydroxylation sites is 1. The minimum absolute atomic E-state index is 0.0589. The normalized spacial score (nSPS) is 24.5. The Hall–Kier alpha value is -3.65. The van der Waals surface area contributed by atoms with Crippen LogP contribution in [-0.4, -0.2) is 59.7 Å². The van der Waals surface area contributed by atoms with Crippen LogP contribution in [0.25, 0.3) is 0 Å². The number of fused-ring (bicyclic) bond motifs is 3. The number of anilines is 5. The molecule has 1 saturated heterocycles. The number of nitrogens with zero attached hydrogens (tertiary/aromatic N) is 6. The number of likely N-dealkylation sites (N-methyl/N-ethyl adjacent to an activating group) is 1. The zero-order valence-electron chi connectivity index (χ0n) is 25.3. The quantitative estimate of drug-likeness (QED) is 0.374. The first-order chi connectivity index (χ1) is 20.4. The summed E-state index contributed by atoms with van der Waals surface area (Å²) in [7, 11) is 2.18. The Morgan fingerprint density at radius 1 is 0.929 bits per heavy atom. The highest BCUT2D eigenvalue weighted by molar-refractivity contribution is 6.07. The maximum absolute atomic E-state index is 14.6. The van der Waals surface area contributed by atoms with Crippen LogP contribution in [0.1, 0.15) is 61.6 Å². The van der Waals surface area contributed by atoms with Crippen LogP contribution in [0.2, 0.25) is 0 Å². The zero-order chi connectivity index (χ0) is 28.8. The number of aromatic nitrogens is 2. The number of carbonyl (C=O) groups is 1. The lowest BCUT2D eigenvalue weighted by Gasteiger charge is -2.53. The molecule has 7 rings (SSSR count). The zero-order valence-corrected chi connectivity index (χ0v) is 25.3. The summed E-state index contributed by atoms with van der Waals surface area (Å²) in [6.07, 6.45) is 9.97. The molecule has 2 amide bonds. The van der Waals surface area contributed by atoms with E-state index in [1.165, 1.54) is 31.4 Å². The van der Waals surface area contributed by atoms with E-state index in [2.05, 4.69) is 83.4 Å². The molecule has 42 heavy (non-hydrogen) atoms. The Morgan fingerprint density at radius 3 is 2.31 bits per heavy atom. The SMILES string of the molecule is Cc1cccc(C)c1N1Cc2cnc(Nc3ccc(N4CCN(C)CC4)cc3)nc2N(C23CCCC(CCC2)C3)C1=O. The van der Waals surface area contributed by atoms with Crippen molar-refractivity contribution in [3.63, 3.8) is 0 Å². The van der Waals surface area contributed by atoms with Crippen LogP contribution in [0.3, 0.4) is 0 Å². The summed E-state index contributed by atoms with van der Waals surface area (Å²) in [6, 6.07) is 14.9. The van der Waals surface area contributed by atoms with Gasteiger partial charge in [-0.25, -0.2) is 9.78 Å². The molecule has 2 saturated carbocycles. The smallest absolute Gasteiger partial charge is 0.331 e. The minimum Gasteiger partial charge on any atom is -0.369 e. The topological polar surface area (TPSA) is 67.8 Å². The van der Waals surface area contributed by atoms with E-state index < -0.39 is 0 Å². The Kier molecular flexibility index (Phi) is 7.05. The molecule has 2 aliphatic carbocycles. The number of amides is 2. The molecule has 0 atom stereocenters. The third-order valence-corrected chi connectivity index (χ3v) is 10.2. The fourth-order valence-electron chi connectivity index (χ4n) is 7.96. The largest absolute Gasteiger partial charge is 0.369 e. The van der Waals surface area contributed by atoms with Crippen LogP contribution in [0.15, 0.2) is 48.7 Å². The number of piperazine rings is 1. The molecule has 3 heterocycles. The van der Waals surface area contributed by atoms with E-state index in [1.54, 1.807) is 0 Å². The van der Waals surface area contributed by atoms with Crippen LogP contribution >= 0.6 is 0 Å². The molecular weight excluding hydrogens is 522 g/mol. The molecule has 2 aliphatic heterocycles. The van der Waals surface area contributed by atoms with E-state index in [4.69, 9.17) is 9.97 Å². The average molecular weight is 566 g/mol. The molecule has 220 valence electrons. The summed E-state index contributed by atoms with van der Waals surface area (Å²) in [5, 5.41) is 3.44. The van der Waals surface area contributed by atoms with Gasteiger partial charge in [-0.3, -0.25) is 9.80 Å². The third-order valence-electron chi connectivity index (χ3n) is 10.2. The van der Waals surface area contributed by atoms with Crippen LogP contribution in [0, 0.1) is 19.8 Å². The van der Waals surface area contributed by atoms with Crippen molar-refractivity contribution in [3.8, 4) is 0 Å². The van der Waals surface area contributed by atoms with Crippen LogP contribution < -0.4 is 20.0 Å². The molecule has 8 nitrogen and oxygen atoms in total. The van der Waals surface area contributed by atoms with Crippen molar-refractivity contribution in [2.24, 2.45) is 5.92 Å². The highest BCUT2D eigenvalue weighted by Gasteiger charge is 2.50. The number of benzene rings is 2. The van der Waals surface area contributed by atoms with Crippen LogP contribution in [0.4, 0.5) is 33.6 Å². The first kappa shape index (κ1) is 27.2. The Bertz CT molecular complexity index is 1430. The number of carbonyl (C=O) groups excluding carboxylic acids is 1. The lowest BCUT2D eigenvalue weighted by Crippen LogP contribution is -2.62. The second-order valence-corrected chi connectivity index (χ2v) is 13.0. The summed E-state index contributed by atoms with van der Waals surface area (Å²) < 4.78 is 0. The van der Waals surface area contributed by atoms with Crippen molar-refractivity contribution in [2.75, 3.05) is 53.2 Å². The van der Waals surface area contributed by atoms with E-state index in [9.17, 15) is 4.79 Å².